The van der Waals surface area contributed by atoms with Crippen molar-refractivity contribution < 1.29 is 8.78 Å². The number of nitrogens with zero attached hydrogens (tertiary/aromatic N) is 2. The molecule has 0 amide bonds. The molecule has 1 aromatic carbocycles. The first kappa shape index (κ1) is 11.4. The standard InChI is InChI=1S/C12H11F2N3/c13-10-3-1-2-9(6-10)4-5-15-12-7-11(14)16-8-17-12/h1-3,6-8H,4-5H2,(H,15,16,17). The van der Waals surface area contributed by atoms with Crippen molar-refractivity contribution in [2.45, 2.75) is 6.42 Å². The summed E-state index contributed by atoms with van der Waals surface area (Å²) in [7, 11) is 0. The van der Waals surface area contributed by atoms with Crippen LogP contribution in [-0.4, -0.2) is 16.5 Å². The van der Waals surface area contributed by atoms with E-state index >= 15 is 0 Å². The first-order chi connectivity index (χ1) is 8.24. The van der Waals surface area contributed by atoms with Crippen LogP contribution < -0.4 is 5.32 Å². The van der Waals surface area contributed by atoms with Crippen molar-refractivity contribution in [2.75, 3.05) is 11.9 Å². The maximum Gasteiger partial charge on any atom is 0.217 e. The lowest BCUT2D eigenvalue weighted by atomic mass is 10.1. The molecule has 3 nitrogen and oxygen atoms in total. The Morgan fingerprint density at radius 3 is 2.76 bits per heavy atom. The molecule has 1 heterocycles. The van der Waals surface area contributed by atoms with Crippen LogP contribution in [0.5, 0.6) is 0 Å². The van der Waals surface area contributed by atoms with Gasteiger partial charge in [0.15, 0.2) is 0 Å². The van der Waals surface area contributed by atoms with Crippen LogP contribution in [0.15, 0.2) is 36.7 Å². The Morgan fingerprint density at radius 2 is 2.00 bits per heavy atom. The number of halogens is 2. The van der Waals surface area contributed by atoms with Gasteiger partial charge in [0.05, 0.1) is 0 Å². The van der Waals surface area contributed by atoms with Gasteiger partial charge < -0.3 is 5.32 Å². The molecule has 0 saturated carbocycles. The molecule has 2 rings (SSSR count). The molecule has 0 atom stereocenters. The summed E-state index contributed by atoms with van der Waals surface area (Å²) >= 11 is 0. The number of aromatic nitrogens is 2. The van der Waals surface area contributed by atoms with Gasteiger partial charge in [0, 0.05) is 12.6 Å². The smallest absolute Gasteiger partial charge is 0.217 e. The quantitative estimate of drug-likeness (QED) is 0.827. The van der Waals surface area contributed by atoms with Crippen LogP contribution in [0, 0.1) is 11.8 Å². The molecule has 17 heavy (non-hydrogen) atoms. The van der Waals surface area contributed by atoms with E-state index in [2.05, 4.69) is 15.3 Å². The van der Waals surface area contributed by atoms with E-state index in [0.717, 1.165) is 11.9 Å². The van der Waals surface area contributed by atoms with Crippen molar-refractivity contribution in [1.82, 2.24) is 9.97 Å². The minimum Gasteiger partial charge on any atom is -0.370 e. The van der Waals surface area contributed by atoms with Gasteiger partial charge in [-0.3, -0.25) is 0 Å². The Balaban J connectivity index is 1.87. The second-order valence-electron chi connectivity index (χ2n) is 3.53. The van der Waals surface area contributed by atoms with Gasteiger partial charge in [-0.1, -0.05) is 12.1 Å². The van der Waals surface area contributed by atoms with E-state index in [9.17, 15) is 8.78 Å². The van der Waals surface area contributed by atoms with E-state index in [1.807, 2.05) is 6.07 Å². The molecular formula is C12H11F2N3. The zero-order valence-electron chi connectivity index (χ0n) is 9.03. The predicted octanol–water partition coefficient (Wildman–Crippen LogP) is 2.41. The maximum absolute atomic E-state index is 12.9. The van der Waals surface area contributed by atoms with E-state index in [1.165, 1.54) is 18.2 Å². The Hall–Kier alpha value is -2.04. The molecule has 0 aliphatic rings. The van der Waals surface area contributed by atoms with Crippen LogP contribution in [-0.2, 0) is 6.42 Å². The molecular weight excluding hydrogens is 224 g/mol. The zero-order chi connectivity index (χ0) is 12.1. The van der Waals surface area contributed by atoms with E-state index in [4.69, 9.17) is 0 Å². The van der Waals surface area contributed by atoms with Crippen molar-refractivity contribution in [2.24, 2.45) is 0 Å². The Morgan fingerprint density at radius 1 is 1.12 bits per heavy atom. The van der Waals surface area contributed by atoms with Crippen LogP contribution in [0.3, 0.4) is 0 Å². The van der Waals surface area contributed by atoms with Gasteiger partial charge in [-0.25, -0.2) is 14.4 Å². The SMILES string of the molecule is Fc1cccc(CCNc2cc(F)ncn2)c1. The van der Waals surface area contributed by atoms with Crippen LogP contribution >= 0.6 is 0 Å². The van der Waals surface area contributed by atoms with Crippen LogP contribution in [0.25, 0.3) is 0 Å². The summed E-state index contributed by atoms with van der Waals surface area (Å²) in [6.07, 6.45) is 1.79. The molecule has 0 spiro atoms. The lowest BCUT2D eigenvalue weighted by Gasteiger charge is -2.05. The first-order valence-electron chi connectivity index (χ1n) is 5.20. The predicted molar refractivity (Wildman–Crippen MR) is 60.6 cm³/mol. The Kier molecular flexibility index (Phi) is 3.59. The fourth-order valence-electron chi connectivity index (χ4n) is 1.46. The molecule has 0 aliphatic carbocycles. The second-order valence-corrected chi connectivity index (χ2v) is 3.53. The molecule has 1 aromatic heterocycles. The highest BCUT2D eigenvalue weighted by molar-refractivity contribution is 5.32. The molecule has 0 saturated heterocycles. The van der Waals surface area contributed by atoms with Gasteiger partial charge in [-0.2, -0.15) is 4.39 Å². The highest BCUT2D eigenvalue weighted by Gasteiger charge is 1.98. The second kappa shape index (κ2) is 5.34. The highest BCUT2D eigenvalue weighted by Crippen LogP contribution is 2.06. The van der Waals surface area contributed by atoms with E-state index in [-0.39, 0.29) is 5.82 Å². The molecule has 1 N–H and O–H groups in total. The molecule has 0 bridgehead atoms. The number of benzene rings is 1. The molecule has 5 heteroatoms. The fraction of sp³-hybridized carbons (Fsp3) is 0.167. The van der Waals surface area contributed by atoms with Crippen LogP contribution in [0.4, 0.5) is 14.6 Å². The Labute approximate surface area is 97.5 Å². The summed E-state index contributed by atoms with van der Waals surface area (Å²) in [6, 6.07) is 7.59. The average Bonchev–Trinajstić information content (AvgIpc) is 2.29. The summed E-state index contributed by atoms with van der Waals surface area (Å²) in [6.45, 7) is 0.555. The molecule has 0 aliphatic heterocycles. The summed E-state index contributed by atoms with van der Waals surface area (Å²) in [5.41, 5.74) is 0.882. The lowest BCUT2D eigenvalue weighted by molar-refractivity contribution is 0.580. The monoisotopic (exact) mass is 235 g/mol. The minimum absolute atomic E-state index is 0.254. The van der Waals surface area contributed by atoms with E-state index < -0.39 is 5.95 Å². The molecule has 88 valence electrons. The van der Waals surface area contributed by atoms with Crippen LogP contribution in [0.2, 0.25) is 0 Å². The third-order valence-corrected chi connectivity index (χ3v) is 2.24. The zero-order valence-corrected chi connectivity index (χ0v) is 9.03. The topological polar surface area (TPSA) is 37.8 Å². The van der Waals surface area contributed by atoms with Gasteiger partial charge in [-0.05, 0) is 24.1 Å². The molecule has 0 radical (unpaired) electrons. The largest absolute Gasteiger partial charge is 0.370 e. The molecule has 0 unspecified atom stereocenters. The number of hydrogen-bond acceptors (Lipinski definition) is 3. The van der Waals surface area contributed by atoms with E-state index in [1.54, 1.807) is 6.07 Å². The number of anilines is 1. The van der Waals surface area contributed by atoms with Crippen molar-refractivity contribution in [3.8, 4) is 0 Å². The third-order valence-electron chi connectivity index (χ3n) is 2.24. The van der Waals surface area contributed by atoms with Gasteiger partial charge >= 0.3 is 0 Å². The van der Waals surface area contributed by atoms with Gasteiger partial charge in [0.25, 0.3) is 0 Å². The van der Waals surface area contributed by atoms with Gasteiger partial charge in [-0.15, -0.1) is 0 Å². The normalized spacial score (nSPS) is 10.2. The van der Waals surface area contributed by atoms with Gasteiger partial charge in [0.1, 0.15) is 18.0 Å². The fourth-order valence-corrected chi connectivity index (χ4v) is 1.46. The summed E-state index contributed by atoms with van der Waals surface area (Å²) in [4.78, 5) is 7.20. The summed E-state index contributed by atoms with van der Waals surface area (Å²) in [5, 5.41) is 2.94. The first-order valence-corrected chi connectivity index (χ1v) is 5.20. The number of rotatable bonds is 4. The van der Waals surface area contributed by atoms with Crippen molar-refractivity contribution >= 4 is 5.82 Å². The average molecular weight is 235 g/mol. The molecule has 0 fully saturated rings. The van der Waals surface area contributed by atoms with Crippen LogP contribution in [0.1, 0.15) is 5.56 Å². The highest BCUT2D eigenvalue weighted by atomic mass is 19.1. The van der Waals surface area contributed by atoms with Crippen molar-refractivity contribution in [3.63, 3.8) is 0 Å². The number of nitrogens with one attached hydrogen (secondary N) is 1. The Bertz CT molecular complexity index is 457. The lowest BCUT2D eigenvalue weighted by Crippen LogP contribution is -2.07. The van der Waals surface area contributed by atoms with Crippen molar-refractivity contribution in [3.05, 3.63) is 54.0 Å². The van der Waals surface area contributed by atoms with Crippen molar-refractivity contribution in [1.29, 1.82) is 0 Å². The maximum atomic E-state index is 12.9. The van der Waals surface area contributed by atoms with Gasteiger partial charge in [0.2, 0.25) is 5.95 Å². The summed E-state index contributed by atoms with van der Waals surface area (Å²) < 4.78 is 25.6. The molecule has 2 aromatic rings. The third kappa shape index (κ3) is 3.48. The summed E-state index contributed by atoms with van der Waals surface area (Å²) in [5.74, 6) is -0.405. The number of hydrogen-bond donors (Lipinski definition) is 1. The van der Waals surface area contributed by atoms with E-state index in [0.29, 0.717) is 18.8 Å². The minimum atomic E-state index is -0.576.